The number of hydrogen-bond acceptors (Lipinski definition) is 1. The van der Waals surface area contributed by atoms with Crippen LogP contribution in [0.5, 0.6) is 0 Å². The Morgan fingerprint density at radius 2 is 1.56 bits per heavy atom. The molecule has 0 bridgehead atoms. The van der Waals surface area contributed by atoms with Crippen LogP contribution in [0.1, 0.15) is 61.8 Å². The summed E-state index contributed by atoms with van der Waals surface area (Å²) in [6.07, 6.45) is 0. The third kappa shape index (κ3) is 4.16. The molecule has 0 saturated carbocycles. The fraction of sp³-hybridized carbons (Fsp3) is 0.286. The van der Waals surface area contributed by atoms with Gasteiger partial charge < -0.3 is 4.57 Å². The summed E-state index contributed by atoms with van der Waals surface area (Å²) in [4.78, 5) is 8.84. The number of aromatic nitrogens is 2. The van der Waals surface area contributed by atoms with Gasteiger partial charge in [0, 0.05) is 25.8 Å². The molecule has 0 aliphatic carbocycles. The van der Waals surface area contributed by atoms with Gasteiger partial charge in [-0.1, -0.05) is 39.8 Å². The molecule has 1 heterocycles. The van der Waals surface area contributed by atoms with Crippen molar-refractivity contribution in [2.45, 2.75) is 53.4 Å². The molecular weight excluding hydrogens is 571 g/mol. The topological polar surface area (TPSA) is 22.2 Å². The molecule has 3 nitrogen and oxygen atoms in total. The summed E-state index contributed by atoms with van der Waals surface area (Å²) in [6.45, 7) is 20.7. The van der Waals surface area contributed by atoms with Gasteiger partial charge in [-0.2, -0.15) is 0 Å². The number of hydrogen-bond donors (Lipinski definition) is 0. The average Bonchev–Trinajstić information content (AvgIpc) is 3.11. The Hall–Kier alpha value is -2.73. The monoisotopic (exact) mass is 599 g/mol. The van der Waals surface area contributed by atoms with E-state index in [4.69, 9.17) is 11.6 Å². The zero-order chi connectivity index (χ0) is 22.3. The van der Waals surface area contributed by atoms with Gasteiger partial charge in [-0.3, -0.25) is 4.98 Å². The predicted octanol–water partition coefficient (Wildman–Crippen LogP) is 7.90. The van der Waals surface area contributed by atoms with E-state index in [0.717, 1.165) is 28.1 Å². The Labute approximate surface area is 204 Å². The Morgan fingerprint density at radius 3 is 2.09 bits per heavy atom. The summed E-state index contributed by atoms with van der Waals surface area (Å²) in [5, 5.41) is 0. The van der Waals surface area contributed by atoms with Crippen molar-refractivity contribution in [3.05, 3.63) is 88.3 Å². The molecule has 0 fully saturated rings. The van der Waals surface area contributed by atoms with Gasteiger partial charge in [0.2, 0.25) is 0 Å². The zero-order valence-electron chi connectivity index (χ0n) is 19.4. The smallest absolute Gasteiger partial charge is 0.187 e. The third-order valence-electron chi connectivity index (χ3n) is 5.97. The van der Waals surface area contributed by atoms with Crippen LogP contribution in [0.3, 0.4) is 0 Å². The normalized spacial score (nSPS) is 11.1. The molecule has 1 aromatic heterocycles. The van der Waals surface area contributed by atoms with E-state index in [2.05, 4.69) is 75.2 Å². The first-order valence-corrected chi connectivity index (χ1v) is 10.8. The van der Waals surface area contributed by atoms with Crippen molar-refractivity contribution >= 4 is 16.7 Å². The van der Waals surface area contributed by atoms with Gasteiger partial charge in [-0.15, -0.1) is 35.9 Å². The second-order valence-corrected chi connectivity index (χ2v) is 8.87. The molecule has 4 heteroatoms. The fourth-order valence-corrected chi connectivity index (χ4v) is 4.14. The molecule has 0 aliphatic heterocycles. The van der Waals surface area contributed by atoms with E-state index >= 15 is 0 Å². The molecule has 0 unspecified atom stereocenters. The van der Waals surface area contributed by atoms with E-state index in [1.165, 1.54) is 22.3 Å². The van der Waals surface area contributed by atoms with Crippen LogP contribution < -0.4 is 0 Å². The van der Waals surface area contributed by atoms with Gasteiger partial charge in [0.05, 0.1) is 23.4 Å². The van der Waals surface area contributed by atoms with Crippen LogP contribution in [0.4, 0.5) is 5.69 Å². The molecule has 0 spiro atoms. The van der Waals surface area contributed by atoms with Crippen LogP contribution >= 0.6 is 0 Å². The second kappa shape index (κ2) is 9.41. The Kier molecular flexibility index (Phi) is 7.03. The molecule has 3 aromatic carbocycles. The zero-order valence-corrected chi connectivity index (χ0v) is 21.8. The van der Waals surface area contributed by atoms with Gasteiger partial charge in [0.1, 0.15) is 0 Å². The average molecular weight is 599 g/mol. The first-order valence-electron chi connectivity index (χ1n) is 10.8. The molecular formula is C28H28IrN3-. The molecule has 0 N–H and O–H groups in total. The number of fused-ring (bicyclic) bond motifs is 1. The number of nitrogens with zero attached hydrogens (tertiary/aromatic N) is 3. The van der Waals surface area contributed by atoms with Gasteiger partial charge >= 0.3 is 0 Å². The van der Waals surface area contributed by atoms with Crippen molar-refractivity contribution < 1.29 is 20.1 Å². The minimum Gasteiger partial charge on any atom is -0.333 e. The van der Waals surface area contributed by atoms with E-state index in [0.29, 0.717) is 5.69 Å². The number of rotatable bonds is 4. The summed E-state index contributed by atoms with van der Waals surface area (Å²) >= 11 is 0. The second-order valence-electron chi connectivity index (χ2n) is 8.87. The summed E-state index contributed by atoms with van der Waals surface area (Å²) in [7, 11) is 0. The SMILES string of the molecule is [C-]#[N+]c1cc(C(C)C)c(-n2c(-c3[c-]cccc3)nc3cc(C)c(C)cc32)c(C(C)C)c1.[Ir]. The van der Waals surface area contributed by atoms with E-state index in [1.54, 1.807) is 0 Å². The van der Waals surface area contributed by atoms with Crippen molar-refractivity contribution in [3.63, 3.8) is 0 Å². The molecule has 0 aliphatic rings. The Bertz CT molecular complexity index is 1280. The summed E-state index contributed by atoms with van der Waals surface area (Å²) in [5.74, 6) is 1.43. The van der Waals surface area contributed by atoms with Gasteiger partial charge in [-0.25, -0.2) is 4.85 Å². The maximum atomic E-state index is 7.62. The van der Waals surface area contributed by atoms with Crippen LogP contribution in [-0.4, -0.2) is 9.55 Å². The van der Waals surface area contributed by atoms with Crippen LogP contribution in [0.15, 0.2) is 48.5 Å². The van der Waals surface area contributed by atoms with Crippen LogP contribution in [0.2, 0.25) is 0 Å². The van der Waals surface area contributed by atoms with Crippen molar-refractivity contribution in [1.29, 1.82) is 0 Å². The predicted molar refractivity (Wildman–Crippen MR) is 129 cm³/mol. The van der Waals surface area contributed by atoms with Crippen LogP contribution in [0.25, 0.3) is 33.0 Å². The van der Waals surface area contributed by atoms with E-state index in [-0.39, 0.29) is 31.9 Å². The first-order chi connectivity index (χ1) is 14.8. The maximum Gasteiger partial charge on any atom is 0.187 e. The first kappa shape index (κ1) is 23.9. The van der Waals surface area contributed by atoms with Crippen LogP contribution in [-0.2, 0) is 20.1 Å². The minimum absolute atomic E-state index is 0. The summed E-state index contributed by atoms with van der Waals surface area (Å²) < 4.78 is 2.30. The number of imidazole rings is 1. The van der Waals surface area contributed by atoms with Crippen LogP contribution in [0, 0.1) is 26.5 Å². The fourth-order valence-electron chi connectivity index (χ4n) is 4.14. The molecule has 0 saturated heterocycles. The van der Waals surface area contributed by atoms with Crippen molar-refractivity contribution in [2.75, 3.05) is 0 Å². The van der Waals surface area contributed by atoms with Crippen molar-refractivity contribution in [3.8, 4) is 17.1 Å². The van der Waals surface area contributed by atoms with E-state index < -0.39 is 0 Å². The molecule has 0 amide bonds. The summed E-state index contributed by atoms with van der Waals surface area (Å²) in [6, 6.07) is 19.9. The van der Waals surface area contributed by atoms with E-state index in [1.807, 2.05) is 30.3 Å². The molecule has 4 rings (SSSR count). The van der Waals surface area contributed by atoms with Crippen molar-refractivity contribution in [2.24, 2.45) is 0 Å². The van der Waals surface area contributed by atoms with Gasteiger partial charge in [0.25, 0.3) is 0 Å². The quantitative estimate of drug-likeness (QED) is 0.219. The van der Waals surface area contributed by atoms with Gasteiger partial charge in [0.15, 0.2) is 5.69 Å². The molecule has 165 valence electrons. The summed E-state index contributed by atoms with van der Waals surface area (Å²) in [5.41, 5.74) is 9.70. The maximum absolute atomic E-state index is 7.62. The Balaban J connectivity index is 0.00000289. The van der Waals surface area contributed by atoms with Crippen molar-refractivity contribution in [1.82, 2.24) is 9.55 Å². The largest absolute Gasteiger partial charge is 0.333 e. The molecule has 32 heavy (non-hydrogen) atoms. The minimum atomic E-state index is 0. The standard InChI is InChI=1S/C28H28N3.Ir/c1-17(2)23-15-22(29-7)16-24(18(3)4)27(23)31-26-14-20(6)19(5)13-25(26)30-28(31)21-11-9-8-10-12-21;/h8-11,13-18H,1-6H3;/q-1;. The Morgan fingerprint density at radius 1 is 0.938 bits per heavy atom. The van der Waals surface area contributed by atoms with E-state index in [9.17, 15) is 0 Å². The number of benzene rings is 3. The number of aryl methyl sites for hydroxylation is 2. The molecule has 4 aromatic rings. The molecule has 0 atom stereocenters. The third-order valence-corrected chi connectivity index (χ3v) is 5.97. The molecule has 1 radical (unpaired) electrons. The van der Waals surface area contributed by atoms with Gasteiger partial charge in [-0.05, 0) is 60.1 Å².